The Hall–Kier alpha value is -0.540. The van der Waals surface area contributed by atoms with Gasteiger partial charge in [0.15, 0.2) is 0 Å². The third kappa shape index (κ3) is 4.23. The van der Waals surface area contributed by atoms with E-state index in [-0.39, 0.29) is 12.4 Å². The minimum atomic E-state index is -2.49. The van der Waals surface area contributed by atoms with Crippen LogP contribution < -0.4 is 0 Å². The SMILES string of the molecule is Fc1cc2c(cc1I)nc(CCCl)n2CCOCC(F)F. The van der Waals surface area contributed by atoms with Crippen LogP contribution in [0, 0.1) is 9.39 Å². The van der Waals surface area contributed by atoms with E-state index in [0.717, 1.165) is 0 Å². The molecular weight excluding hydrogens is 420 g/mol. The number of nitrogens with zero attached hydrogens (tertiary/aromatic N) is 2. The van der Waals surface area contributed by atoms with E-state index >= 15 is 0 Å². The predicted molar refractivity (Wildman–Crippen MR) is 83.7 cm³/mol. The Morgan fingerprint density at radius 2 is 2.14 bits per heavy atom. The highest BCUT2D eigenvalue weighted by molar-refractivity contribution is 14.1. The number of rotatable bonds is 7. The number of hydrogen-bond acceptors (Lipinski definition) is 2. The van der Waals surface area contributed by atoms with Crippen LogP contribution in [-0.4, -0.2) is 35.1 Å². The second kappa shape index (κ2) is 7.64. The third-order valence-electron chi connectivity index (χ3n) is 2.89. The molecule has 0 saturated heterocycles. The highest BCUT2D eigenvalue weighted by Crippen LogP contribution is 2.22. The Bertz CT molecular complexity index is 621. The quantitative estimate of drug-likeness (QED) is 0.378. The highest BCUT2D eigenvalue weighted by atomic mass is 127. The number of benzene rings is 1. The minimum Gasteiger partial charge on any atom is -0.374 e. The average Bonchev–Trinajstić information content (AvgIpc) is 2.73. The first kappa shape index (κ1) is 16.8. The van der Waals surface area contributed by atoms with Crippen molar-refractivity contribution in [2.24, 2.45) is 0 Å². The molecule has 0 aliphatic rings. The summed E-state index contributed by atoms with van der Waals surface area (Å²) >= 11 is 7.64. The van der Waals surface area contributed by atoms with Crippen molar-refractivity contribution in [3.05, 3.63) is 27.3 Å². The van der Waals surface area contributed by atoms with Crippen molar-refractivity contribution in [2.75, 3.05) is 19.1 Å². The number of alkyl halides is 3. The molecule has 0 aliphatic heterocycles. The summed E-state index contributed by atoms with van der Waals surface area (Å²) in [5.74, 6) is 0.734. The summed E-state index contributed by atoms with van der Waals surface area (Å²) in [7, 11) is 0. The lowest BCUT2D eigenvalue weighted by atomic mass is 10.3. The molecule has 0 atom stereocenters. The van der Waals surface area contributed by atoms with Crippen LogP contribution in [0.2, 0.25) is 0 Å². The van der Waals surface area contributed by atoms with Gasteiger partial charge in [0, 0.05) is 24.9 Å². The first-order chi connectivity index (χ1) is 10.0. The maximum Gasteiger partial charge on any atom is 0.261 e. The number of hydrogen-bond donors (Lipinski definition) is 0. The molecule has 0 saturated carbocycles. The first-order valence-corrected chi connectivity index (χ1v) is 7.90. The number of aryl methyl sites for hydroxylation is 1. The van der Waals surface area contributed by atoms with Gasteiger partial charge in [-0.15, -0.1) is 11.6 Å². The molecule has 1 heterocycles. The predicted octanol–water partition coefficient (Wildman–Crippen LogP) is 3.84. The summed E-state index contributed by atoms with van der Waals surface area (Å²) < 4.78 is 44.9. The molecule has 0 fully saturated rings. The van der Waals surface area contributed by atoms with E-state index in [1.807, 2.05) is 22.6 Å². The zero-order valence-corrected chi connectivity index (χ0v) is 13.9. The van der Waals surface area contributed by atoms with E-state index in [2.05, 4.69) is 4.98 Å². The summed E-state index contributed by atoms with van der Waals surface area (Å²) in [6.45, 7) is -0.169. The highest BCUT2D eigenvalue weighted by Gasteiger charge is 2.13. The fraction of sp³-hybridized carbons (Fsp3) is 0.462. The third-order valence-corrected chi connectivity index (χ3v) is 3.91. The second-order valence-corrected chi connectivity index (χ2v) is 5.88. The van der Waals surface area contributed by atoms with Crippen molar-refractivity contribution < 1.29 is 17.9 Å². The molecule has 1 aromatic heterocycles. The number of ether oxygens (including phenoxy) is 1. The van der Waals surface area contributed by atoms with Crippen molar-refractivity contribution in [3.8, 4) is 0 Å². The summed E-state index contributed by atoms with van der Waals surface area (Å²) in [4.78, 5) is 4.42. The van der Waals surface area contributed by atoms with E-state index in [9.17, 15) is 13.2 Å². The number of halogens is 5. The number of fused-ring (bicyclic) bond motifs is 1. The maximum absolute atomic E-state index is 13.7. The molecule has 0 amide bonds. The zero-order chi connectivity index (χ0) is 15.4. The van der Waals surface area contributed by atoms with Crippen LogP contribution in [0.15, 0.2) is 12.1 Å². The first-order valence-electron chi connectivity index (χ1n) is 6.29. The van der Waals surface area contributed by atoms with E-state index in [1.165, 1.54) is 6.07 Å². The number of imidazole rings is 1. The van der Waals surface area contributed by atoms with Crippen LogP contribution in [0.5, 0.6) is 0 Å². The summed E-state index contributed by atoms with van der Waals surface area (Å²) in [5.41, 5.74) is 1.28. The van der Waals surface area contributed by atoms with Gasteiger partial charge in [-0.2, -0.15) is 0 Å². The lowest BCUT2D eigenvalue weighted by Gasteiger charge is -2.09. The van der Waals surface area contributed by atoms with Crippen LogP contribution in [0.3, 0.4) is 0 Å². The lowest BCUT2D eigenvalue weighted by molar-refractivity contribution is 0.0148. The summed E-state index contributed by atoms with van der Waals surface area (Å²) in [6, 6.07) is 3.05. The Morgan fingerprint density at radius 1 is 1.38 bits per heavy atom. The normalized spacial score (nSPS) is 11.7. The van der Waals surface area contributed by atoms with Gasteiger partial charge in [-0.05, 0) is 28.7 Å². The maximum atomic E-state index is 13.7. The smallest absolute Gasteiger partial charge is 0.261 e. The van der Waals surface area contributed by atoms with Crippen molar-refractivity contribution in [3.63, 3.8) is 0 Å². The average molecular weight is 433 g/mol. The van der Waals surface area contributed by atoms with Gasteiger partial charge in [0.1, 0.15) is 18.2 Å². The van der Waals surface area contributed by atoms with Gasteiger partial charge in [0.05, 0.1) is 21.2 Å². The van der Waals surface area contributed by atoms with Gasteiger partial charge in [-0.3, -0.25) is 0 Å². The molecule has 0 radical (unpaired) electrons. The van der Waals surface area contributed by atoms with Crippen molar-refractivity contribution in [2.45, 2.75) is 19.4 Å². The topological polar surface area (TPSA) is 27.1 Å². The molecular formula is C13H13ClF3IN2O. The Morgan fingerprint density at radius 3 is 2.81 bits per heavy atom. The van der Waals surface area contributed by atoms with Gasteiger partial charge in [0.2, 0.25) is 0 Å². The summed E-state index contributed by atoms with van der Waals surface area (Å²) in [6.07, 6.45) is -1.98. The van der Waals surface area contributed by atoms with Crippen molar-refractivity contribution >= 4 is 45.2 Å². The van der Waals surface area contributed by atoms with Crippen LogP contribution in [0.25, 0.3) is 11.0 Å². The fourth-order valence-corrected chi connectivity index (χ4v) is 2.64. The molecule has 1 aromatic carbocycles. The second-order valence-electron chi connectivity index (χ2n) is 4.34. The van der Waals surface area contributed by atoms with Crippen LogP contribution in [0.1, 0.15) is 5.82 Å². The Balaban J connectivity index is 2.25. The van der Waals surface area contributed by atoms with Gasteiger partial charge in [-0.25, -0.2) is 18.2 Å². The molecule has 116 valence electrons. The van der Waals surface area contributed by atoms with Crippen molar-refractivity contribution in [1.82, 2.24) is 9.55 Å². The monoisotopic (exact) mass is 432 g/mol. The molecule has 0 aliphatic carbocycles. The molecule has 0 bridgehead atoms. The molecule has 21 heavy (non-hydrogen) atoms. The Labute approximate surface area is 138 Å². The van der Waals surface area contributed by atoms with Gasteiger partial charge in [-0.1, -0.05) is 0 Å². The van der Waals surface area contributed by atoms with Gasteiger partial charge < -0.3 is 9.30 Å². The van der Waals surface area contributed by atoms with E-state index in [0.29, 0.717) is 39.3 Å². The molecule has 2 aromatic rings. The summed E-state index contributed by atoms with van der Waals surface area (Å²) in [5, 5.41) is 0. The molecule has 8 heteroatoms. The molecule has 0 N–H and O–H groups in total. The molecule has 2 rings (SSSR count). The molecule has 0 spiro atoms. The zero-order valence-electron chi connectivity index (χ0n) is 11.0. The van der Waals surface area contributed by atoms with E-state index < -0.39 is 13.0 Å². The van der Waals surface area contributed by atoms with Gasteiger partial charge in [0.25, 0.3) is 6.43 Å². The Kier molecular flexibility index (Phi) is 6.12. The largest absolute Gasteiger partial charge is 0.374 e. The van der Waals surface area contributed by atoms with Crippen LogP contribution in [0.4, 0.5) is 13.2 Å². The number of aromatic nitrogens is 2. The lowest BCUT2D eigenvalue weighted by Crippen LogP contribution is -2.13. The standard InChI is InChI=1S/C13H13ClF3IN2O/c14-2-1-13-19-10-6-9(18)8(15)5-11(10)20(13)3-4-21-7-12(16)17/h5-6,12H,1-4,7H2. The molecule has 0 unspecified atom stereocenters. The van der Waals surface area contributed by atoms with Gasteiger partial charge >= 0.3 is 0 Å². The fourth-order valence-electron chi connectivity index (χ4n) is 2.02. The minimum absolute atomic E-state index is 0.110. The molecule has 3 nitrogen and oxygen atoms in total. The van der Waals surface area contributed by atoms with Crippen molar-refractivity contribution in [1.29, 1.82) is 0 Å². The van der Waals surface area contributed by atoms with E-state index in [1.54, 1.807) is 10.6 Å². The van der Waals surface area contributed by atoms with E-state index in [4.69, 9.17) is 16.3 Å². The van der Waals surface area contributed by atoms with Crippen LogP contribution in [-0.2, 0) is 17.7 Å². The van der Waals surface area contributed by atoms with Crippen LogP contribution >= 0.6 is 34.2 Å².